The maximum atomic E-state index is 12.3. The van der Waals surface area contributed by atoms with Gasteiger partial charge < -0.3 is 15.0 Å². The zero-order chi connectivity index (χ0) is 16.6. The average Bonchev–Trinajstić information content (AvgIpc) is 2.53. The van der Waals surface area contributed by atoms with Crippen LogP contribution < -0.4 is 16.1 Å². The van der Waals surface area contributed by atoms with Crippen LogP contribution in [-0.2, 0) is 31.2 Å². The summed E-state index contributed by atoms with van der Waals surface area (Å²) in [6, 6.07) is 7.29. The molecule has 0 atom stereocenters. The predicted molar refractivity (Wildman–Crippen MR) is 92.1 cm³/mol. The molecular formula is C16H18ClN3O4. The van der Waals surface area contributed by atoms with E-state index in [9.17, 15) is 14.4 Å². The topological polar surface area (TPSA) is 95.4 Å². The molecule has 0 aliphatic carbocycles. The summed E-state index contributed by atoms with van der Waals surface area (Å²) in [4.78, 5) is 39.7. The van der Waals surface area contributed by atoms with E-state index in [-0.39, 0.29) is 24.4 Å². The van der Waals surface area contributed by atoms with Crippen LogP contribution in [0.2, 0.25) is 0 Å². The first kappa shape index (κ1) is 17.8. The molecule has 0 amide bonds. The summed E-state index contributed by atoms with van der Waals surface area (Å²) < 4.78 is 1.06. The first-order chi connectivity index (χ1) is 11.0. The number of anilines is 1. The third-order valence-corrected chi connectivity index (χ3v) is 4.14. The Bertz CT molecular complexity index is 888. The van der Waals surface area contributed by atoms with Gasteiger partial charge in [0.05, 0.1) is 18.5 Å². The molecule has 0 fully saturated rings. The zero-order valence-corrected chi connectivity index (χ0v) is 13.9. The number of hydrogen-bond donors (Lipinski definition) is 2. The van der Waals surface area contributed by atoms with Gasteiger partial charge in [0.25, 0.3) is 5.56 Å². The molecule has 0 unspecified atom stereocenters. The van der Waals surface area contributed by atoms with Crippen molar-refractivity contribution in [3.8, 4) is 0 Å². The number of aliphatic carboxylic acids is 1. The van der Waals surface area contributed by atoms with Gasteiger partial charge in [0.1, 0.15) is 0 Å². The zero-order valence-electron chi connectivity index (χ0n) is 13.1. The highest BCUT2D eigenvalue weighted by Crippen LogP contribution is 2.25. The molecule has 1 aromatic carbocycles. The monoisotopic (exact) mass is 351 g/mol. The predicted octanol–water partition coefficient (Wildman–Crippen LogP) is 0.685. The first-order valence-electron chi connectivity index (χ1n) is 7.33. The second-order valence-electron chi connectivity index (χ2n) is 5.62. The van der Waals surface area contributed by atoms with Crippen molar-refractivity contribution < 1.29 is 9.90 Å². The van der Waals surface area contributed by atoms with Crippen molar-refractivity contribution in [1.82, 2.24) is 9.55 Å². The van der Waals surface area contributed by atoms with Gasteiger partial charge in [-0.25, -0.2) is 4.79 Å². The number of para-hydroxylation sites is 1. The molecule has 1 aromatic heterocycles. The van der Waals surface area contributed by atoms with E-state index in [4.69, 9.17) is 5.11 Å². The summed E-state index contributed by atoms with van der Waals surface area (Å²) in [5, 5.41) is 9.05. The smallest absolute Gasteiger partial charge is 0.328 e. The Morgan fingerprint density at radius 1 is 1.29 bits per heavy atom. The van der Waals surface area contributed by atoms with Gasteiger partial charge in [0.2, 0.25) is 0 Å². The van der Waals surface area contributed by atoms with Gasteiger partial charge in [0.15, 0.2) is 0 Å². The normalized spacial score (nSPS) is 13.1. The van der Waals surface area contributed by atoms with Crippen LogP contribution in [0.4, 0.5) is 5.69 Å². The van der Waals surface area contributed by atoms with E-state index in [2.05, 4.69) is 4.98 Å². The molecule has 2 heterocycles. The average molecular weight is 352 g/mol. The van der Waals surface area contributed by atoms with Crippen molar-refractivity contribution >= 4 is 24.1 Å². The highest BCUT2D eigenvalue weighted by molar-refractivity contribution is 5.85. The summed E-state index contributed by atoms with van der Waals surface area (Å²) in [6.07, 6.45) is 0.477. The Morgan fingerprint density at radius 2 is 2.00 bits per heavy atom. The number of rotatable bonds is 3. The standard InChI is InChI=1S/C16H17N3O4.ClH/c1-18-15(22)11-9-19(7-6-12(11)17-16(18)23)13-5-3-2-4-10(13)8-14(20)21;/h2-5H,6-9H2,1H3,(H,17,23)(H,20,21);1H. The van der Waals surface area contributed by atoms with Gasteiger partial charge in [0, 0.05) is 31.4 Å². The van der Waals surface area contributed by atoms with Gasteiger partial charge in [-0.05, 0) is 11.6 Å². The van der Waals surface area contributed by atoms with Gasteiger partial charge >= 0.3 is 11.7 Å². The van der Waals surface area contributed by atoms with E-state index < -0.39 is 11.7 Å². The summed E-state index contributed by atoms with van der Waals surface area (Å²) in [5.41, 5.74) is 2.05. The molecule has 2 aromatic rings. The fraction of sp³-hybridized carbons (Fsp3) is 0.312. The van der Waals surface area contributed by atoms with E-state index in [0.29, 0.717) is 36.3 Å². The van der Waals surface area contributed by atoms with Crippen molar-refractivity contribution in [2.24, 2.45) is 7.05 Å². The largest absolute Gasteiger partial charge is 0.481 e. The van der Waals surface area contributed by atoms with Crippen LogP contribution in [0.1, 0.15) is 16.8 Å². The van der Waals surface area contributed by atoms with Crippen molar-refractivity contribution in [2.75, 3.05) is 11.4 Å². The van der Waals surface area contributed by atoms with Crippen LogP contribution in [0.25, 0.3) is 0 Å². The number of H-pyrrole nitrogens is 1. The van der Waals surface area contributed by atoms with Crippen molar-refractivity contribution in [1.29, 1.82) is 0 Å². The number of fused-ring (bicyclic) bond motifs is 1. The van der Waals surface area contributed by atoms with E-state index in [0.717, 1.165) is 10.3 Å². The summed E-state index contributed by atoms with van der Waals surface area (Å²) in [6.45, 7) is 0.974. The molecule has 1 aliphatic rings. The minimum absolute atomic E-state index is 0. The molecule has 0 radical (unpaired) electrons. The van der Waals surface area contributed by atoms with Crippen molar-refractivity contribution in [3.63, 3.8) is 0 Å². The Hall–Kier alpha value is -2.54. The molecule has 128 valence electrons. The lowest BCUT2D eigenvalue weighted by atomic mass is 10.0. The van der Waals surface area contributed by atoms with Crippen LogP contribution in [0.3, 0.4) is 0 Å². The minimum atomic E-state index is -0.893. The van der Waals surface area contributed by atoms with E-state index in [1.54, 1.807) is 12.1 Å². The van der Waals surface area contributed by atoms with Crippen molar-refractivity contribution in [2.45, 2.75) is 19.4 Å². The van der Waals surface area contributed by atoms with Gasteiger partial charge in [-0.3, -0.25) is 14.2 Å². The lowest BCUT2D eigenvalue weighted by Crippen LogP contribution is -2.43. The number of halogens is 1. The Morgan fingerprint density at radius 3 is 2.71 bits per heavy atom. The number of aromatic amines is 1. The van der Waals surface area contributed by atoms with Crippen LogP contribution in [-0.4, -0.2) is 27.2 Å². The minimum Gasteiger partial charge on any atom is -0.481 e. The second-order valence-corrected chi connectivity index (χ2v) is 5.62. The number of hydrogen-bond acceptors (Lipinski definition) is 4. The highest BCUT2D eigenvalue weighted by Gasteiger charge is 2.23. The molecule has 8 heteroatoms. The maximum absolute atomic E-state index is 12.3. The van der Waals surface area contributed by atoms with Crippen LogP contribution >= 0.6 is 12.4 Å². The quantitative estimate of drug-likeness (QED) is 0.848. The number of nitrogens with zero attached hydrogens (tertiary/aromatic N) is 2. The van der Waals surface area contributed by atoms with E-state index in [1.807, 2.05) is 17.0 Å². The molecule has 1 aliphatic heterocycles. The van der Waals surface area contributed by atoms with E-state index >= 15 is 0 Å². The van der Waals surface area contributed by atoms with Gasteiger partial charge in [-0.15, -0.1) is 12.4 Å². The third-order valence-electron chi connectivity index (χ3n) is 4.14. The molecule has 0 spiro atoms. The lowest BCUT2D eigenvalue weighted by Gasteiger charge is -2.31. The Balaban J connectivity index is 0.00000208. The number of nitrogens with one attached hydrogen (secondary N) is 1. The van der Waals surface area contributed by atoms with Gasteiger partial charge in [-0.1, -0.05) is 18.2 Å². The SMILES string of the molecule is Cl.Cn1c(=O)[nH]c2c(c1=O)CN(c1ccccc1CC(=O)O)CC2. The second kappa shape index (κ2) is 6.92. The molecule has 0 bridgehead atoms. The number of benzene rings is 1. The van der Waals surface area contributed by atoms with Crippen LogP contribution in [0.15, 0.2) is 33.9 Å². The number of carboxylic acid groups (broad SMARTS) is 1. The first-order valence-corrected chi connectivity index (χ1v) is 7.33. The van der Waals surface area contributed by atoms with Crippen LogP contribution in [0, 0.1) is 0 Å². The summed E-state index contributed by atoms with van der Waals surface area (Å²) in [5.74, 6) is -0.893. The lowest BCUT2D eigenvalue weighted by molar-refractivity contribution is -0.136. The molecule has 7 nitrogen and oxygen atoms in total. The molecule has 3 rings (SSSR count). The number of carboxylic acids is 1. The third kappa shape index (κ3) is 3.21. The molecular weight excluding hydrogens is 334 g/mol. The molecule has 0 saturated heterocycles. The van der Waals surface area contributed by atoms with Crippen LogP contribution in [0.5, 0.6) is 0 Å². The number of carbonyl (C=O) groups is 1. The molecule has 2 N–H and O–H groups in total. The van der Waals surface area contributed by atoms with E-state index in [1.165, 1.54) is 7.05 Å². The fourth-order valence-corrected chi connectivity index (χ4v) is 2.94. The molecule has 24 heavy (non-hydrogen) atoms. The molecule has 0 saturated carbocycles. The highest BCUT2D eigenvalue weighted by atomic mass is 35.5. The van der Waals surface area contributed by atoms with Crippen molar-refractivity contribution in [3.05, 3.63) is 61.9 Å². The van der Waals surface area contributed by atoms with Gasteiger partial charge in [-0.2, -0.15) is 0 Å². The Kier molecular flexibility index (Phi) is 5.14. The summed E-state index contributed by atoms with van der Waals surface area (Å²) >= 11 is 0. The maximum Gasteiger partial charge on any atom is 0.328 e. The number of aromatic nitrogens is 2. The summed E-state index contributed by atoms with van der Waals surface area (Å²) in [7, 11) is 1.44. The fourth-order valence-electron chi connectivity index (χ4n) is 2.94. The Labute approximate surface area is 144 Å².